The number of nitrogens with one attached hydrogen (secondary N) is 1. The minimum Gasteiger partial charge on any atom is -0.489 e. The Bertz CT molecular complexity index is 1070. The van der Waals surface area contributed by atoms with Gasteiger partial charge in [0.05, 0.1) is 11.7 Å². The van der Waals surface area contributed by atoms with Gasteiger partial charge in [0, 0.05) is 18.1 Å². The summed E-state index contributed by atoms with van der Waals surface area (Å²) >= 11 is 5.99. The summed E-state index contributed by atoms with van der Waals surface area (Å²) in [6.07, 6.45) is 1.21. The van der Waals surface area contributed by atoms with Gasteiger partial charge in [-0.1, -0.05) is 41.9 Å². The van der Waals surface area contributed by atoms with Crippen molar-refractivity contribution < 1.29 is 19.7 Å². The van der Waals surface area contributed by atoms with Gasteiger partial charge in [-0.15, -0.1) is 0 Å². The number of hydrogen-bond acceptors (Lipinski definition) is 4. The van der Waals surface area contributed by atoms with E-state index < -0.39 is 12.1 Å². The van der Waals surface area contributed by atoms with Crippen LogP contribution in [0.4, 0.5) is 0 Å². The number of aromatic carboxylic acids is 1. The van der Waals surface area contributed by atoms with Crippen LogP contribution in [0.15, 0.2) is 66.7 Å². The van der Waals surface area contributed by atoms with Crippen LogP contribution < -0.4 is 10.1 Å². The predicted molar refractivity (Wildman–Crippen MR) is 121 cm³/mol. The first-order valence-electron chi connectivity index (χ1n) is 10.3. The monoisotopic (exact) mass is 437 g/mol. The molecule has 31 heavy (non-hydrogen) atoms. The van der Waals surface area contributed by atoms with Crippen molar-refractivity contribution >= 4 is 17.6 Å². The Morgan fingerprint density at radius 3 is 2.61 bits per heavy atom. The number of halogens is 1. The number of fused-ring (bicyclic) bond motifs is 1. The lowest BCUT2D eigenvalue weighted by Crippen LogP contribution is -2.36. The van der Waals surface area contributed by atoms with Crippen molar-refractivity contribution in [3.63, 3.8) is 0 Å². The molecule has 1 heterocycles. The molecule has 1 aliphatic rings. The van der Waals surface area contributed by atoms with Crippen molar-refractivity contribution in [3.8, 4) is 16.9 Å². The first-order valence-corrected chi connectivity index (χ1v) is 10.6. The van der Waals surface area contributed by atoms with Gasteiger partial charge in [0.15, 0.2) is 0 Å². The molecule has 0 fully saturated rings. The number of carbonyl (C=O) groups is 1. The fraction of sp³-hybridized carbons (Fsp3) is 0.240. The Labute approximate surface area is 186 Å². The molecule has 0 saturated carbocycles. The summed E-state index contributed by atoms with van der Waals surface area (Å²) in [7, 11) is 0. The third-order valence-corrected chi connectivity index (χ3v) is 5.73. The first-order chi connectivity index (χ1) is 15.0. The Kier molecular flexibility index (Phi) is 6.56. The minimum atomic E-state index is -0.926. The highest BCUT2D eigenvalue weighted by atomic mass is 35.5. The van der Waals surface area contributed by atoms with Gasteiger partial charge in [0.1, 0.15) is 11.9 Å². The van der Waals surface area contributed by atoms with E-state index in [9.17, 15) is 9.90 Å². The molecule has 2 atom stereocenters. The van der Waals surface area contributed by atoms with Crippen LogP contribution in [0, 0.1) is 0 Å². The minimum absolute atomic E-state index is 0.0414. The van der Waals surface area contributed by atoms with E-state index in [0.29, 0.717) is 18.1 Å². The lowest BCUT2D eigenvalue weighted by Gasteiger charge is -2.27. The first kappa shape index (κ1) is 21.4. The van der Waals surface area contributed by atoms with Gasteiger partial charge < -0.3 is 20.3 Å². The highest BCUT2D eigenvalue weighted by molar-refractivity contribution is 6.30. The molecule has 0 spiro atoms. The van der Waals surface area contributed by atoms with E-state index >= 15 is 0 Å². The third kappa shape index (κ3) is 5.25. The second-order valence-corrected chi connectivity index (χ2v) is 8.15. The number of hydrogen-bond donors (Lipinski definition) is 3. The average Bonchev–Trinajstić information content (AvgIpc) is 2.78. The van der Waals surface area contributed by atoms with Crippen molar-refractivity contribution in [1.82, 2.24) is 5.32 Å². The van der Waals surface area contributed by atoms with Gasteiger partial charge in [-0.25, -0.2) is 4.79 Å². The maximum absolute atomic E-state index is 11.0. The van der Waals surface area contributed by atoms with Crippen LogP contribution >= 0.6 is 11.6 Å². The molecule has 0 aromatic heterocycles. The molecule has 0 saturated heterocycles. The van der Waals surface area contributed by atoms with E-state index in [1.807, 2.05) is 36.4 Å². The number of carboxylic acid groups (broad SMARTS) is 1. The predicted octanol–water partition coefficient (Wildman–Crippen LogP) is 4.72. The van der Waals surface area contributed by atoms with E-state index in [0.717, 1.165) is 40.8 Å². The van der Waals surface area contributed by atoms with Gasteiger partial charge >= 0.3 is 5.97 Å². The lowest BCUT2D eigenvalue weighted by molar-refractivity contribution is 0.0697. The van der Waals surface area contributed by atoms with Crippen LogP contribution in [0.1, 0.15) is 34.0 Å². The van der Waals surface area contributed by atoms with Crippen LogP contribution in [0.25, 0.3) is 11.1 Å². The van der Waals surface area contributed by atoms with Crippen molar-refractivity contribution in [2.45, 2.75) is 25.0 Å². The van der Waals surface area contributed by atoms with E-state index in [1.165, 1.54) is 0 Å². The number of rotatable bonds is 7. The third-order valence-electron chi connectivity index (χ3n) is 5.50. The van der Waals surface area contributed by atoms with Crippen molar-refractivity contribution in [3.05, 3.63) is 88.4 Å². The zero-order valence-electron chi connectivity index (χ0n) is 16.9. The van der Waals surface area contributed by atoms with Crippen LogP contribution in [0.2, 0.25) is 5.02 Å². The zero-order chi connectivity index (χ0) is 21.8. The quantitative estimate of drug-likeness (QED) is 0.498. The molecule has 1 aliphatic heterocycles. The highest BCUT2D eigenvalue weighted by Crippen LogP contribution is 2.32. The molecule has 0 radical (unpaired) electrons. The van der Waals surface area contributed by atoms with E-state index in [2.05, 4.69) is 11.4 Å². The number of aliphatic hydroxyl groups excluding tert-OH is 1. The fourth-order valence-corrected chi connectivity index (χ4v) is 3.98. The molecule has 0 amide bonds. The normalized spacial score (nSPS) is 16.3. The van der Waals surface area contributed by atoms with Crippen LogP contribution in [-0.2, 0) is 6.42 Å². The van der Waals surface area contributed by atoms with Crippen molar-refractivity contribution in [2.24, 2.45) is 0 Å². The SMILES string of the molecule is O=C(O)c1ccc(-c2ccc3c(c2)CC[C@H](CNC[C@H](O)c2cccc(Cl)c2)O3)cc1. The lowest BCUT2D eigenvalue weighted by atomic mass is 9.96. The number of carboxylic acids is 1. The second kappa shape index (κ2) is 9.52. The molecule has 160 valence electrons. The van der Waals surface area contributed by atoms with Gasteiger partial charge in [0.25, 0.3) is 0 Å². The standard InChI is InChI=1S/C25H24ClNO4/c26-21-3-1-2-19(13-21)23(28)15-27-14-22-10-8-20-12-18(9-11-24(20)31-22)16-4-6-17(7-5-16)25(29)30/h1-7,9,11-13,22-23,27-28H,8,10,14-15H2,(H,29,30)/t22-,23+/m1/s1. The second-order valence-electron chi connectivity index (χ2n) is 7.71. The summed E-state index contributed by atoms with van der Waals surface area (Å²) in [5, 5.41) is 23.3. The Balaban J connectivity index is 1.33. The van der Waals surface area contributed by atoms with Crippen molar-refractivity contribution in [2.75, 3.05) is 13.1 Å². The van der Waals surface area contributed by atoms with E-state index in [1.54, 1.807) is 24.3 Å². The van der Waals surface area contributed by atoms with Gasteiger partial charge in [-0.3, -0.25) is 0 Å². The van der Waals surface area contributed by atoms with Gasteiger partial charge in [-0.05, 0) is 71.5 Å². The molecule has 4 rings (SSSR count). The molecule has 0 aliphatic carbocycles. The molecule has 6 heteroatoms. The molecule has 3 aromatic carbocycles. The summed E-state index contributed by atoms with van der Waals surface area (Å²) in [6, 6.07) is 20.2. The largest absolute Gasteiger partial charge is 0.489 e. The van der Waals surface area contributed by atoms with Crippen LogP contribution in [0.3, 0.4) is 0 Å². The molecule has 3 N–H and O–H groups in total. The molecular formula is C25H24ClNO4. The maximum Gasteiger partial charge on any atom is 0.335 e. The Hall–Kier alpha value is -2.86. The number of aliphatic hydroxyl groups is 1. The molecule has 0 bridgehead atoms. The molecule has 0 unspecified atom stereocenters. The summed E-state index contributed by atoms with van der Waals surface area (Å²) in [5.41, 5.74) is 4.24. The van der Waals surface area contributed by atoms with E-state index in [4.69, 9.17) is 21.4 Å². The molecule has 5 nitrogen and oxygen atoms in total. The Morgan fingerprint density at radius 2 is 1.87 bits per heavy atom. The van der Waals surface area contributed by atoms with Gasteiger partial charge in [0.2, 0.25) is 0 Å². The molecule has 3 aromatic rings. The van der Waals surface area contributed by atoms with Gasteiger partial charge in [-0.2, -0.15) is 0 Å². The van der Waals surface area contributed by atoms with Crippen LogP contribution in [0.5, 0.6) is 5.75 Å². The number of aryl methyl sites for hydroxylation is 1. The van der Waals surface area contributed by atoms with Crippen molar-refractivity contribution in [1.29, 1.82) is 0 Å². The summed E-state index contributed by atoms with van der Waals surface area (Å²) in [5.74, 6) is -0.0514. The number of ether oxygens (including phenoxy) is 1. The average molecular weight is 438 g/mol. The maximum atomic E-state index is 11.0. The topological polar surface area (TPSA) is 78.8 Å². The summed E-state index contributed by atoms with van der Waals surface area (Å²) in [6.45, 7) is 1.08. The van der Waals surface area contributed by atoms with E-state index in [-0.39, 0.29) is 11.7 Å². The summed E-state index contributed by atoms with van der Waals surface area (Å²) in [4.78, 5) is 11.0. The van der Waals surface area contributed by atoms with Crippen LogP contribution in [-0.4, -0.2) is 35.4 Å². The summed E-state index contributed by atoms with van der Waals surface area (Å²) < 4.78 is 6.14. The smallest absolute Gasteiger partial charge is 0.335 e. The molecular weight excluding hydrogens is 414 g/mol. The fourth-order valence-electron chi connectivity index (χ4n) is 3.79. The Morgan fingerprint density at radius 1 is 1.10 bits per heavy atom. The highest BCUT2D eigenvalue weighted by Gasteiger charge is 2.20. The zero-order valence-corrected chi connectivity index (χ0v) is 17.7. The number of benzene rings is 3.